The molecule has 4 nitrogen and oxygen atoms in total. The van der Waals surface area contributed by atoms with Crippen LogP contribution in [0.15, 0.2) is 18.2 Å². The lowest BCUT2D eigenvalue weighted by Crippen LogP contribution is -2.29. The smallest absolute Gasteiger partial charge is 0.170 e. The van der Waals surface area contributed by atoms with Gasteiger partial charge in [0.15, 0.2) is 5.11 Å². The van der Waals surface area contributed by atoms with Crippen LogP contribution in [-0.4, -0.2) is 21.4 Å². The maximum absolute atomic E-state index is 13.1. The van der Waals surface area contributed by atoms with E-state index in [-0.39, 0.29) is 5.02 Å². The van der Waals surface area contributed by atoms with E-state index in [4.69, 9.17) is 35.4 Å². The van der Waals surface area contributed by atoms with Gasteiger partial charge in [0, 0.05) is 18.8 Å². The highest BCUT2D eigenvalue weighted by Gasteiger charge is 2.08. The summed E-state index contributed by atoms with van der Waals surface area (Å²) in [7, 11) is 0. The van der Waals surface area contributed by atoms with Crippen LogP contribution >= 0.6 is 35.4 Å². The van der Waals surface area contributed by atoms with E-state index in [2.05, 4.69) is 15.7 Å². The van der Waals surface area contributed by atoms with E-state index in [0.29, 0.717) is 22.4 Å². The zero-order valence-electron chi connectivity index (χ0n) is 12.8. The molecule has 0 saturated carbocycles. The number of halogens is 3. The second kappa shape index (κ2) is 7.95. The number of hydrogen-bond acceptors (Lipinski definition) is 2. The summed E-state index contributed by atoms with van der Waals surface area (Å²) in [4.78, 5) is 0. The van der Waals surface area contributed by atoms with Crippen LogP contribution in [0.1, 0.15) is 17.8 Å². The first kappa shape index (κ1) is 18.0. The predicted octanol–water partition coefficient (Wildman–Crippen LogP) is 4.32. The molecule has 1 heterocycles. The van der Waals surface area contributed by atoms with Crippen LogP contribution < -0.4 is 10.6 Å². The average Bonchev–Trinajstić information content (AvgIpc) is 2.75. The van der Waals surface area contributed by atoms with Crippen LogP contribution in [0.5, 0.6) is 0 Å². The highest BCUT2D eigenvalue weighted by molar-refractivity contribution is 7.80. The molecule has 124 valence electrons. The Morgan fingerprint density at radius 3 is 2.70 bits per heavy atom. The van der Waals surface area contributed by atoms with Gasteiger partial charge in [-0.3, -0.25) is 4.68 Å². The number of aromatic nitrogens is 2. The first-order valence-electron chi connectivity index (χ1n) is 7.08. The van der Waals surface area contributed by atoms with Gasteiger partial charge < -0.3 is 10.6 Å². The lowest BCUT2D eigenvalue weighted by molar-refractivity contribution is 0.558. The van der Waals surface area contributed by atoms with Gasteiger partial charge in [-0.25, -0.2) is 4.39 Å². The monoisotopic (exact) mass is 374 g/mol. The quantitative estimate of drug-likeness (QED) is 0.603. The molecule has 2 rings (SSSR count). The summed E-state index contributed by atoms with van der Waals surface area (Å²) in [5.41, 5.74) is 2.44. The van der Waals surface area contributed by atoms with Crippen molar-refractivity contribution < 1.29 is 4.39 Å². The SMILES string of the molecule is Cc1nn(CCCNC(=S)Nc2ccc(F)c(Cl)c2)c(C)c1Cl. The zero-order valence-corrected chi connectivity index (χ0v) is 15.1. The number of thiocarbonyl (C=S) groups is 1. The molecule has 0 aliphatic rings. The number of nitrogens with one attached hydrogen (secondary N) is 2. The van der Waals surface area contributed by atoms with Crippen molar-refractivity contribution in [1.29, 1.82) is 0 Å². The molecule has 2 N–H and O–H groups in total. The van der Waals surface area contributed by atoms with Gasteiger partial charge in [-0.1, -0.05) is 23.2 Å². The van der Waals surface area contributed by atoms with E-state index in [1.54, 1.807) is 6.07 Å². The third-order valence-electron chi connectivity index (χ3n) is 3.30. The summed E-state index contributed by atoms with van der Waals surface area (Å²) < 4.78 is 15.0. The Morgan fingerprint density at radius 1 is 1.35 bits per heavy atom. The fraction of sp³-hybridized carbons (Fsp3) is 0.333. The fourth-order valence-electron chi connectivity index (χ4n) is 2.07. The molecular weight excluding hydrogens is 358 g/mol. The van der Waals surface area contributed by atoms with Crippen LogP contribution in [0.25, 0.3) is 0 Å². The molecule has 8 heteroatoms. The molecule has 0 atom stereocenters. The van der Waals surface area contributed by atoms with Gasteiger partial charge >= 0.3 is 0 Å². The van der Waals surface area contributed by atoms with Crippen molar-refractivity contribution in [3.05, 3.63) is 45.4 Å². The van der Waals surface area contributed by atoms with Crippen LogP contribution in [0, 0.1) is 19.7 Å². The first-order chi connectivity index (χ1) is 10.9. The second-order valence-corrected chi connectivity index (χ2v) is 6.26. The number of anilines is 1. The van der Waals surface area contributed by atoms with Gasteiger partial charge in [-0.15, -0.1) is 0 Å². The van der Waals surface area contributed by atoms with Gasteiger partial charge in [-0.05, 0) is 50.7 Å². The summed E-state index contributed by atoms with van der Waals surface area (Å²) in [6.07, 6.45) is 0.838. The topological polar surface area (TPSA) is 41.9 Å². The van der Waals surface area contributed by atoms with Gasteiger partial charge in [0.2, 0.25) is 0 Å². The van der Waals surface area contributed by atoms with Crippen molar-refractivity contribution in [2.24, 2.45) is 0 Å². The molecule has 0 spiro atoms. The van der Waals surface area contributed by atoms with Crippen molar-refractivity contribution in [2.45, 2.75) is 26.8 Å². The zero-order chi connectivity index (χ0) is 17.0. The van der Waals surface area contributed by atoms with Crippen molar-refractivity contribution in [3.8, 4) is 0 Å². The normalized spacial score (nSPS) is 10.7. The lowest BCUT2D eigenvalue weighted by Gasteiger charge is -2.11. The predicted molar refractivity (Wildman–Crippen MR) is 97.0 cm³/mol. The molecule has 0 bridgehead atoms. The van der Waals surface area contributed by atoms with Crippen LogP contribution in [0.3, 0.4) is 0 Å². The minimum atomic E-state index is -0.459. The van der Waals surface area contributed by atoms with Crippen LogP contribution in [-0.2, 0) is 6.54 Å². The van der Waals surface area contributed by atoms with Crippen LogP contribution in [0.2, 0.25) is 10.0 Å². The molecular formula is C15H17Cl2FN4S. The maximum atomic E-state index is 13.1. The average molecular weight is 375 g/mol. The molecule has 1 aromatic heterocycles. The summed E-state index contributed by atoms with van der Waals surface area (Å²) in [5.74, 6) is -0.459. The van der Waals surface area contributed by atoms with E-state index in [9.17, 15) is 4.39 Å². The molecule has 0 fully saturated rings. The van der Waals surface area contributed by atoms with E-state index >= 15 is 0 Å². The Kier molecular flexibility index (Phi) is 6.21. The molecule has 2 aromatic rings. The van der Waals surface area contributed by atoms with Crippen molar-refractivity contribution >= 4 is 46.2 Å². The molecule has 0 aliphatic carbocycles. The third-order valence-corrected chi connectivity index (χ3v) is 4.39. The Labute approximate surface area is 150 Å². The molecule has 23 heavy (non-hydrogen) atoms. The standard InChI is InChI=1S/C15H17Cl2FN4S/c1-9-14(17)10(2)22(21-9)7-3-6-19-15(23)20-11-4-5-13(18)12(16)8-11/h4-5,8H,3,6-7H2,1-2H3,(H2,19,20,23). The van der Waals surface area contributed by atoms with Crippen molar-refractivity contribution in [2.75, 3.05) is 11.9 Å². The Balaban J connectivity index is 1.76. The van der Waals surface area contributed by atoms with Gasteiger partial charge in [0.05, 0.1) is 21.4 Å². The van der Waals surface area contributed by atoms with E-state index in [1.807, 2.05) is 18.5 Å². The minimum absolute atomic E-state index is 0.0548. The number of hydrogen-bond donors (Lipinski definition) is 2. The van der Waals surface area contributed by atoms with Gasteiger partial charge in [0.25, 0.3) is 0 Å². The number of aryl methyl sites for hydroxylation is 2. The molecule has 0 saturated heterocycles. The summed E-state index contributed by atoms with van der Waals surface area (Å²) in [6.45, 7) is 5.26. The van der Waals surface area contributed by atoms with Crippen molar-refractivity contribution in [3.63, 3.8) is 0 Å². The van der Waals surface area contributed by atoms with Crippen molar-refractivity contribution in [1.82, 2.24) is 15.1 Å². The Bertz CT molecular complexity index is 718. The molecule has 0 unspecified atom stereocenters. The van der Waals surface area contributed by atoms with E-state index in [0.717, 1.165) is 24.4 Å². The Hall–Kier alpha value is -1.37. The number of benzene rings is 1. The third kappa shape index (κ3) is 4.80. The summed E-state index contributed by atoms with van der Waals surface area (Å²) in [6, 6.07) is 4.36. The van der Waals surface area contributed by atoms with E-state index < -0.39 is 5.82 Å². The maximum Gasteiger partial charge on any atom is 0.170 e. The molecule has 0 aliphatic heterocycles. The lowest BCUT2D eigenvalue weighted by atomic mass is 10.3. The van der Waals surface area contributed by atoms with Crippen LogP contribution in [0.4, 0.5) is 10.1 Å². The minimum Gasteiger partial charge on any atom is -0.362 e. The first-order valence-corrected chi connectivity index (χ1v) is 8.24. The van der Waals surface area contributed by atoms with Gasteiger partial charge in [-0.2, -0.15) is 5.10 Å². The summed E-state index contributed by atoms with van der Waals surface area (Å²) in [5, 5.41) is 11.6. The largest absolute Gasteiger partial charge is 0.362 e. The molecule has 0 radical (unpaired) electrons. The molecule has 0 amide bonds. The second-order valence-electron chi connectivity index (χ2n) is 5.07. The highest BCUT2D eigenvalue weighted by atomic mass is 35.5. The summed E-state index contributed by atoms with van der Waals surface area (Å²) >= 11 is 17.0. The van der Waals surface area contributed by atoms with E-state index in [1.165, 1.54) is 12.1 Å². The fourth-order valence-corrected chi connectivity index (χ4v) is 2.61. The Morgan fingerprint density at radius 2 is 2.09 bits per heavy atom. The molecule has 1 aromatic carbocycles. The number of rotatable bonds is 5. The highest BCUT2D eigenvalue weighted by Crippen LogP contribution is 2.20. The number of nitrogens with zero attached hydrogens (tertiary/aromatic N) is 2. The van der Waals surface area contributed by atoms with Gasteiger partial charge in [0.1, 0.15) is 5.82 Å².